The molecule has 0 N–H and O–H groups in total. The zero-order valence-electron chi connectivity index (χ0n) is 12.3. The number of nitrogens with zero attached hydrogens (tertiary/aromatic N) is 1. The minimum Gasteiger partial charge on any atom is -0.497 e. The van der Waals surface area contributed by atoms with E-state index in [-0.39, 0.29) is 17.9 Å². The van der Waals surface area contributed by atoms with Crippen LogP contribution in [0.3, 0.4) is 0 Å². The van der Waals surface area contributed by atoms with E-state index in [9.17, 15) is 4.79 Å². The van der Waals surface area contributed by atoms with E-state index >= 15 is 0 Å². The lowest BCUT2D eigenvalue weighted by Gasteiger charge is -2.30. The summed E-state index contributed by atoms with van der Waals surface area (Å²) in [5.41, 5.74) is 1.09. The summed E-state index contributed by atoms with van der Waals surface area (Å²) in [7, 11) is 7.02. The van der Waals surface area contributed by atoms with Crippen molar-refractivity contribution in [3.63, 3.8) is 0 Å². The van der Waals surface area contributed by atoms with E-state index in [1.54, 1.807) is 7.11 Å². The molecule has 4 heteroatoms. The number of benzene rings is 1. The second kappa shape index (κ2) is 7.14. The normalized spacial score (nSPS) is 14.0. The molecule has 4 nitrogen and oxygen atoms in total. The molecule has 106 valence electrons. The van der Waals surface area contributed by atoms with Crippen molar-refractivity contribution in [3.05, 3.63) is 29.8 Å². The first-order valence-corrected chi connectivity index (χ1v) is 6.43. The van der Waals surface area contributed by atoms with E-state index in [1.807, 2.05) is 50.2 Å². The summed E-state index contributed by atoms with van der Waals surface area (Å²) in [5.74, 6) is 0.470. The highest BCUT2D eigenvalue weighted by Gasteiger charge is 2.30. The van der Waals surface area contributed by atoms with Crippen LogP contribution < -0.4 is 4.74 Å². The summed E-state index contributed by atoms with van der Waals surface area (Å²) in [6.45, 7) is 2.00. The standard InChI is InChI=1S/C15H23NO3/c1-6-13(15(17)19-5)14(16(2)3)11-7-9-12(18-4)10-8-11/h7-10,13-14H,6H2,1-5H3. The molecule has 0 amide bonds. The zero-order valence-corrected chi connectivity index (χ0v) is 12.3. The lowest BCUT2D eigenvalue weighted by atomic mass is 9.90. The Hall–Kier alpha value is -1.55. The molecule has 0 saturated carbocycles. The molecular weight excluding hydrogens is 242 g/mol. The van der Waals surface area contributed by atoms with Crippen LogP contribution in [0.1, 0.15) is 24.9 Å². The van der Waals surface area contributed by atoms with E-state index in [0.29, 0.717) is 0 Å². The van der Waals surface area contributed by atoms with Gasteiger partial charge in [0.15, 0.2) is 0 Å². The van der Waals surface area contributed by atoms with Crippen molar-refractivity contribution in [1.29, 1.82) is 0 Å². The third-order valence-electron chi connectivity index (χ3n) is 3.34. The summed E-state index contributed by atoms with van der Waals surface area (Å²) in [4.78, 5) is 14.0. The summed E-state index contributed by atoms with van der Waals surface area (Å²) < 4.78 is 10.1. The first-order valence-electron chi connectivity index (χ1n) is 6.43. The number of esters is 1. The third kappa shape index (κ3) is 3.70. The van der Waals surface area contributed by atoms with E-state index in [4.69, 9.17) is 9.47 Å². The highest BCUT2D eigenvalue weighted by atomic mass is 16.5. The molecule has 1 rings (SSSR count). The van der Waals surface area contributed by atoms with E-state index in [2.05, 4.69) is 0 Å². The Labute approximate surface area is 115 Å². The van der Waals surface area contributed by atoms with Crippen molar-refractivity contribution in [2.75, 3.05) is 28.3 Å². The van der Waals surface area contributed by atoms with Gasteiger partial charge in [0, 0.05) is 6.04 Å². The van der Waals surface area contributed by atoms with Crippen molar-refractivity contribution in [1.82, 2.24) is 4.90 Å². The molecular formula is C15H23NO3. The first-order chi connectivity index (χ1) is 9.04. The van der Waals surface area contributed by atoms with Crippen LogP contribution >= 0.6 is 0 Å². The molecule has 0 spiro atoms. The summed E-state index contributed by atoms with van der Waals surface area (Å²) in [6, 6.07) is 7.82. The summed E-state index contributed by atoms with van der Waals surface area (Å²) in [5, 5.41) is 0. The lowest BCUT2D eigenvalue weighted by Crippen LogP contribution is -2.32. The molecule has 0 aliphatic rings. The van der Waals surface area contributed by atoms with Crippen LogP contribution in [0.25, 0.3) is 0 Å². The van der Waals surface area contributed by atoms with Crippen LogP contribution in [0, 0.1) is 5.92 Å². The van der Waals surface area contributed by atoms with Crippen molar-refractivity contribution in [2.24, 2.45) is 5.92 Å². The molecule has 0 aromatic heterocycles. The Kier molecular flexibility index (Phi) is 5.83. The van der Waals surface area contributed by atoms with Gasteiger partial charge in [-0.1, -0.05) is 19.1 Å². The maximum absolute atomic E-state index is 11.9. The van der Waals surface area contributed by atoms with Gasteiger partial charge >= 0.3 is 5.97 Å². The van der Waals surface area contributed by atoms with E-state index < -0.39 is 0 Å². The molecule has 0 aliphatic heterocycles. The van der Waals surface area contributed by atoms with Gasteiger partial charge in [0.1, 0.15) is 5.75 Å². The predicted molar refractivity (Wildman–Crippen MR) is 75.2 cm³/mol. The molecule has 2 atom stereocenters. The molecule has 0 radical (unpaired) electrons. The topological polar surface area (TPSA) is 38.8 Å². The molecule has 0 bridgehead atoms. The average molecular weight is 265 g/mol. The number of rotatable bonds is 6. The van der Waals surface area contributed by atoms with Crippen LogP contribution in [0.5, 0.6) is 5.75 Å². The van der Waals surface area contributed by atoms with Gasteiger partial charge in [0.2, 0.25) is 0 Å². The number of carbonyl (C=O) groups excluding carboxylic acids is 1. The molecule has 0 aliphatic carbocycles. The molecule has 0 heterocycles. The molecule has 0 saturated heterocycles. The largest absolute Gasteiger partial charge is 0.497 e. The van der Waals surface area contributed by atoms with Gasteiger partial charge in [-0.2, -0.15) is 0 Å². The molecule has 2 unspecified atom stereocenters. The maximum atomic E-state index is 11.9. The number of carbonyl (C=O) groups is 1. The second-order valence-corrected chi connectivity index (χ2v) is 4.72. The zero-order chi connectivity index (χ0) is 14.4. The van der Waals surface area contributed by atoms with Gasteiger partial charge in [-0.05, 0) is 38.2 Å². The summed E-state index contributed by atoms with van der Waals surface area (Å²) in [6.07, 6.45) is 0.738. The molecule has 1 aromatic rings. The number of hydrogen-bond donors (Lipinski definition) is 0. The smallest absolute Gasteiger partial charge is 0.310 e. The number of hydrogen-bond acceptors (Lipinski definition) is 4. The quantitative estimate of drug-likeness (QED) is 0.741. The van der Waals surface area contributed by atoms with Crippen LogP contribution in [0.4, 0.5) is 0 Å². The van der Waals surface area contributed by atoms with Crippen LogP contribution in [0.2, 0.25) is 0 Å². The summed E-state index contributed by atoms with van der Waals surface area (Å²) >= 11 is 0. The molecule has 0 fully saturated rings. The van der Waals surface area contributed by atoms with Gasteiger partial charge in [0.05, 0.1) is 20.1 Å². The predicted octanol–water partition coefficient (Wildman–Crippen LogP) is 2.50. The van der Waals surface area contributed by atoms with Crippen molar-refractivity contribution in [3.8, 4) is 5.75 Å². The fraction of sp³-hybridized carbons (Fsp3) is 0.533. The fourth-order valence-corrected chi connectivity index (χ4v) is 2.36. The monoisotopic (exact) mass is 265 g/mol. The molecule has 19 heavy (non-hydrogen) atoms. The van der Waals surface area contributed by atoms with E-state index in [1.165, 1.54) is 7.11 Å². The Bertz CT molecular complexity index is 400. The Morgan fingerprint density at radius 2 is 1.79 bits per heavy atom. The Morgan fingerprint density at radius 1 is 1.21 bits per heavy atom. The molecule has 1 aromatic carbocycles. The van der Waals surface area contributed by atoms with Gasteiger partial charge in [-0.25, -0.2) is 0 Å². The lowest BCUT2D eigenvalue weighted by molar-refractivity contribution is -0.148. The first kappa shape index (κ1) is 15.5. The van der Waals surface area contributed by atoms with Crippen LogP contribution in [-0.4, -0.2) is 39.2 Å². The minimum absolute atomic E-state index is 0.00311. The highest BCUT2D eigenvalue weighted by Crippen LogP contribution is 2.31. The van der Waals surface area contributed by atoms with Crippen molar-refractivity contribution < 1.29 is 14.3 Å². The van der Waals surface area contributed by atoms with Crippen molar-refractivity contribution >= 4 is 5.97 Å². The van der Waals surface area contributed by atoms with Crippen molar-refractivity contribution in [2.45, 2.75) is 19.4 Å². The van der Waals surface area contributed by atoms with Gasteiger partial charge < -0.3 is 14.4 Å². The third-order valence-corrected chi connectivity index (χ3v) is 3.34. The maximum Gasteiger partial charge on any atom is 0.310 e. The second-order valence-electron chi connectivity index (χ2n) is 4.72. The number of ether oxygens (including phenoxy) is 2. The highest BCUT2D eigenvalue weighted by molar-refractivity contribution is 5.73. The van der Waals surface area contributed by atoms with Crippen LogP contribution in [0.15, 0.2) is 24.3 Å². The fourth-order valence-electron chi connectivity index (χ4n) is 2.36. The Morgan fingerprint density at radius 3 is 2.16 bits per heavy atom. The Balaban J connectivity index is 3.07. The van der Waals surface area contributed by atoms with Gasteiger partial charge in [-0.3, -0.25) is 4.79 Å². The van der Waals surface area contributed by atoms with Crippen LogP contribution in [-0.2, 0) is 9.53 Å². The SMILES string of the molecule is CCC(C(=O)OC)C(c1ccc(OC)cc1)N(C)C. The van der Waals surface area contributed by atoms with E-state index in [0.717, 1.165) is 17.7 Å². The van der Waals surface area contributed by atoms with Gasteiger partial charge in [-0.15, -0.1) is 0 Å². The number of methoxy groups -OCH3 is 2. The average Bonchev–Trinajstić information content (AvgIpc) is 2.43. The minimum atomic E-state index is -0.173. The van der Waals surface area contributed by atoms with Gasteiger partial charge in [0.25, 0.3) is 0 Å².